The zero-order valence-electron chi connectivity index (χ0n) is 24.1. The average molecular weight is 615 g/mol. The van der Waals surface area contributed by atoms with Crippen molar-refractivity contribution in [1.82, 2.24) is 0 Å². The van der Waals surface area contributed by atoms with Gasteiger partial charge in [0.25, 0.3) is 0 Å². The van der Waals surface area contributed by atoms with Crippen LogP contribution in [-0.2, 0) is 33.3 Å². The number of anilines is 2. The molecular formula is C30H38N4O6S2. The molecule has 0 fully saturated rings. The van der Waals surface area contributed by atoms with E-state index in [0.29, 0.717) is 0 Å². The van der Waals surface area contributed by atoms with Crippen LogP contribution in [0.25, 0.3) is 11.1 Å². The Labute approximate surface area is 248 Å². The molecule has 0 radical (unpaired) electrons. The zero-order chi connectivity index (χ0) is 31.5. The smallest absolute Gasteiger partial charge is 0.125 e. The van der Waals surface area contributed by atoms with Gasteiger partial charge >= 0.3 is 0 Å². The van der Waals surface area contributed by atoms with Crippen molar-refractivity contribution in [2.45, 2.75) is 22.9 Å². The van der Waals surface area contributed by atoms with Gasteiger partial charge in [-0.05, 0) is 24.3 Å². The van der Waals surface area contributed by atoms with Crippen LogP contribution in [0.15, 0.2) is 107 Å². The van der Waals surface area contributed by atoms with Gasteiger partial charge in [0, 0.05) is 33.6 Å². The van der Waals surface area contributed by atoms with E-state index in [2.05, 4.69) is 88.9 Å². The highest BCUT2D eigenvalue weighted by molar-refractivity contribution is 7.86. The number of quaternary nitrogens is 2. The van der Waals surface area contributed by atoms with E-state index in [1.165, 1.54) is 33.1 Å². The standard InChI is InChI=1S/C12H12N2O6S2.2C9H13N/c13-7-1-3-9(11(5-7)21(15,16)17)10-4-2-8(14)6-12(10)22(18,19)20;2*1-10(2)8-9-6-4-3-5-7-9/h1-6H,13-14H2,(H,15,16,17)(H,18,19,20);2*3-7H,8H2,1-2H3. The zero-order valence-corrected chi connectivity index (χ0v) is 25.7. The van der Waals surface area contributed by atoms with Crippen molar-refractivity contribution < 1.29 is 35.7 Å². The quantitative estimate of drug-likeness (QED) is 0.176. The Morgan fingerprint density at radius 1 is 0.548 bits per heavy atom. The van der Waals surface area contributed by atoms with Gasteiger partial charge in [-0.3, -0.25) is 0 Å². The summed E-state index contributed by atoms with van der Waals surface area (Å²) >= 11 is 0. The van der Waals surface area contributed by atoms with E-state index in [1.807, 2.05) is 0 Å². The molecule has 42 heavy (non-hydrogen) atoms. The molecule has 4 aromatic carbocycles. The molecule has 0 heterocycles. The highest BCUT2D eigenvalue weighted by Gasteiger charge is 2.17. The molecule has 0 spiro atoms. The third-order valence-corrected chi connectivity index (χ3v) is 7.39. The highest BCUT2D eigenvalue weighted by Crippen LogP contribution is 2.34. The first-order valence-corrected chi connectivity index (χ1v) is 15.8. The summed E-state index contributed by atoms with van der Waals surface area (Å²) < 4.78 is 68.1. The third-order valence-electron chi connectivity index (χ3n) is 5.64. The summed E-state index contributed by atoms with van der Waals surface area (Å²) in [7, 11) is -1.23. The van der Waals surface area contributed by atoms with Crippen molar-refractivity contribution in [2.24, 2.45) is 0 Å². The molecule has 0 aliphatic rings. The Kier molecular flexibility index (Phi) is 12.7. The van der Waals surface area contributed by atoms with Gasteiger partial charge in [-0.25, -0.2) is 16.8 Å². The van der Waals surface area contributed by atoms with E-state index < -0.39 is 30.0 Å². The number of nitrogens with one attached hydrogen (secondary N) is 2. The number of hydrogen-bond donors (Lipinski definition) is 4. The molecule has 4 aromatic rings. The summed E-state index contributed by atoms with van der Waals surface area (Å²) in [4.78, 5) is 1.49. The number of hydrogen-bond acceptors (Lipinski definition) is 8. The van der Waals surface area contributed by atoms with Crippen LogP contribution in [0, 0.1) is 0 Å². The first-order chi connectivity index (χ1) is 19.6. The van der Waals surface area contributed by atoms with Gasteiger partial charge in [-0.15, -0.1) is 0 Å². The van der Waals surface area contributed by atoms with Crippen molar-refractivity contribution in [2.75, 3.05) is 39.7 Å². The van der Waals surface area contributed by atoms with Crippen molar-refractivity contribution in [1.29, 1.82) is 0 Å². The molecule has 10 nitrogen and oxygen atoms in total. The van der Waals surface area contributed by atoms with Gasteiger partial charge < -0.3 is 30.4 Å². The minimum absolute atomic E-state index is 0.000139. The second kappa shape index (κ2) is 15.4. The van der Waals surface area contributed by atoms with Gasteiger partial charge in [-0.1, -0.05) is 72.8 Å². The minimum Gasteiger partial charge on any atom is -0.744 e. The maximum absolute atomic E-state index is 11.3. The fourth-order valence-electron chi connectivity index (χ4n) is 3.94. The van der Waals surface area contributed by atoms with Crippen LogP contribution < -0.4 is 21.3 Å². The summed E-state index contributed by atoms with van der Waals surface area (Å²) in [5, 5.41) is 0. The molecule has 0 aliphatic carbocycles. The van der Waals surface area contributed by atoms with Crippen LogP contribution >= 0.6 is 0 Å². The molecule has 0 amide bonds. The normalized spacial score (nSPS) is 11.3. The predicted octanol–water partition coefficient (Wildman–Crippen LogP) is 0.988. The molecule has 0 bridgehead atoms. The molecule has 0 aliphatic heterocycles. The second-order valence-electron chi connectivity index (χ2n) is 10.2. The summed E-state index contributed by atoms with van der Waals surface area (Å²) in [6, 6.07) is 27.7. The topological polar surface area (TPSA) is 175 Å². The van der Waals surface area contributed by atoms with E-state index in [9.17, 15) is 25.9 Å². The average Bonchev–Trinajstić information content (AvgIpc) is 2.89. The van der Waals surface area contributed by atoms with Gasteiger partial charge in [0.15, 0.2) is 0 Å². The molecule has 4 rings (SSSR count). The Hall–Kier alpha value is -3.78. The second-order valence-corrected chi connectivity index (χ2v) is 12.9. The largest absolute Gasteiger partial charge is 0.744 e. The van der Waals surface area contributed by atoms with Crippen molar-refractivity contribution in [3.05, 3.63) is 108 Å². The lowest BCUT2D eigenvalue weighted by Gasteiger charge is -2.18. The van der Waals surface area contributed by atoms with E-state index in [-0.39, 0.29) is 22.5 Å². The van der Waals surface area contributed by atoms with Crippen molar-refractivity contribution in [3.63, 3.8) is 0 Å². The molecule has 0 saturated heterocycles. The third kappa shape index (κ3) is 11.6. The first kappa shape index (κ1) is 34.4. The van der Waals surface area contributed by atoms with Gasteiger partial charge in [0.1, 0.15) is 33.3 Å². The van der Waals surface area contributed by atoms with Crippen LogP contribution in [0.4, 0.5) is 11.4 Å². The molecule has 0 saturated carbocycles. The van der Waals surface area contributed by atoms with Gasteiger partial charge in [-0.2, -0.15) is 0 Å². The lowest BCUT2D eigenvalue weighted by Crippen LogP contribution is -3.04. The molecule has 12 heteroatoms. The summed E-state index contributed by atoms with van der Waals surface area (Å²) in [6.07, 6.45) is 0. The van der Waals surface area contributed by atoms with Gasteiger partial charge in [0.2, 0.25) is 0 Å². The highest BCUT2D eigenvalue weighted by atomic mass is 32.2. The van der Waals surface area contributed by atoms with Crippen LogP contribution in [0.2, 0.25) is 0 Å². The Morgan fingerprint density at radius 2 is 0.857 bits per heavy atom. The van der Waals surface area contributed by atoms with Crippen LogP contribution in [0.1, 0.15) is 11.1 Å². The van der Waals surface area contributed by atoms with Crippen molar-refractivity contribution in [3.8, 4) is 11.1 Å². The molecule has 0 unspecified atom stereocenters. The molecule has 226 valence electrons. The molecule has 0 aromatic heterocycles. The van der Waals surface area contributed by atoms with E-state index in [1.54, 1.807) is 0 Å². The SMILES string of the molecule is C[NH+](C)Cc1ccccc1.C[NH+](C)Cc1ccccc1.Nc1ccc(-c2ccc(N)cc2S(=O)(=O)[O-])c(S(=O)(=O)[O-])c1. The van der Waals surface area contributed by atoms with Crippen molar-refractivity contribution >= 4 is 31.6 Å². The Morgan fingerprint density at radius 3 is 1.12 bits per heavy atom. The number of nitrogen functional groups attached to an aromatic ring is 2. The maximum atomic E-state index is 11.3. The summed E-state index contributed by atoms with van der Waals surface area (Å²) in [5.41, 5.74) is 13.2. The minimum atomic E-state index is -4.93. The van der Waals surface area contributed by atoms with Gasteiger partial charge in [0.05, 0.1) is 38.0 Å². The first-order valence-electron chi connectivity index (χ1n) is 12.9. The molecular weight excluding hydrogens is 576 g/mol. The van der Waals surface area contributed by atoms with E-state index in [0.717, 1.165) is 37.4 Å². The van der Waals surface area contributed by atoms with E-state index >= 15 is 0 Å². The Balaban J connectivity index is 0.000000254. The fourth-order valence-corrected chi connectivity index (χ4v) is 5.40. The molecule has 6 N–H and O–H groups in total. The summed E-state index contributed by atoms with van der Waals surface area (Å²) in [5.74, 6) is 0. The molecule has 0 atom stereocenters. The predicted molar refractivity (Wildman–Crippen MR) is 163 cm³/mol. The number of rotatable bonds is 7. The van der Waals surface area contributed by atoms with Crippen LogP contribution in [0.5, 0.6) is 0 Å². The van der Waals surface area contributed by atoms with Crippen LogP contribution in [-0.4, -0.2) is 54.1 Å². The van der Waals surface area contributed by atoms with E-state index in [4.69, 9.17) is 11.5 Å². The number of nitrogens with two attached hydrogens (primary N) is 2. The maximum Gasteiger partial charge on any atom is 0.125 e. The lowest BCUT2D eigenvalue weighted by atomic mass is 10.0. The monoisotopic (exact) mass is 614 g/mol. The number of benzene rings is 4. The van der Waals surface area contributed by atoms with Crippen LogP contribution in [0.3, 0.4) is 0 Å². The fraction of sp³-hybridized carbons (Fsp3) is 0.200. The lowest BCUT2D eigenvalue weighted by molar-refractivity contribution is -0.872. The Bertz CT molecular complexity index is 1520. The summed E-state index contributed by atoms with van der Waals surface area (Å²) in [6.45, 7) is 2.22.